The molecule has 1 aromatic carbocycles. The topological polar surface area (TPSA) is 68.2 Å². The number of aliphatic hydroxyl groups is 1. The number of ether oxygens (including phenoxy) is 3. The van der Waals surface area contributed by atoms with Gasteiger partial charge in [0, 0.05) is 26.3 Å². The normalized spacial score (nSPS) is 19.7. The number of aliphatic hydroxyl groups excluding tert-OH is 1. The van der Waals surface area contributed by atoms with Gasteiger partial charge in [-0.2, -0.15) is 0 Å². The lowest BCUT2D eigenvalue weighted by Crippen LogP contribution is -2.45. The number of fused-ring (bicyclic) bond motifs is 1. The Bertz CT molecular complexity index is 577. The molecule has 2 aliphatic heterocycles. The standard InChI is InChI=1S/C19H27NO5/c1-23-16-11-14-3-7-20(8-4-15(14)12-17(16)24-2)19(22)18(21)13-5-9-25-10-6-13/h11-13,18,21H,3-10H2,1-2H3/t18-/m1/s1. The molecule has 0 aromatic heterocycles. The van der Waals surface area contributed by atoms with Crippen molar-refractivity contribution in [1.29, 1.82) is 0 Å². The van der Waals surface area contributed by atoms with Gasteiger partial charge >= 0.3 is 0 Å². The summed E-state index contributed by atoms with van der Waals surface area (Å²) < 4.78 is 16.1. The summed E-state index contributed by atoms with van der Waals surface area (Å²) in [5.41, 5.74) is 2.35. The third-order valence-electron chi connectivity index (χ3n) is 5.29. The van der Waals surface area contributed by atoms with Crippen LogP contribution in [-0.2, 0) is 22.4 Å². The van der Waals surface area contributed by atoms with E-state index in [0.29, 0.717) is 37.8 Å². The number of nitrogens with zero attached hydrogens (tertiary/aromatic N) is 1. The van der Waals surface area contributed by atoms with Crippen LogP contribution in [-0.4, -0.2) is 62.5 Å². The average Bonchev–Trinajstić information content (AvgIpc) is 2.88. The van der Waals surface area contributed by atoms with Gasteiger partial charge in [0.1, 0.15) is 6.10 Å². The minimum Gasteiger partial charge on any atom is -0.493 e. The van der Waals surface area contributed by atoms with Gasteiger partial charge in [0.2, 0.25) is 0 Å². The zero-order valence-corrected chi connectivity index (χ0v) is 15.0. The van der Waals surface area contributed by atoms with Crippen molar-refractivity contribution in [2.75, 3.05) is 40.5 Å². The zero-order valence-electron chi connectivity index (χ0n) is 15.0. The lowest BCUT2D eigenvalue weighted by molar-refractivity contribution is -0.144. The van der Waals surface area contributed by atoms with Crippen LogP contribution in [0.25, 0.3) is 0 Å². The lowest BCUT2D eigenvalue weighted by Gasteiger charge is -2.30. The van der Waals surface area contributed by atoms with Crippen molar-refractivity contribution in [3.63, 3.8) is 0 Å². The molecule has 25 heavy (non-hydrogen) atoms. The van der Waals surface area contributed by atoms with Gasteiger partial charge in [-0.05, 0) is 54.9 Å². The van der Waals surface area contributed by atoms with Crippen molar-refractivity contribution in [3.05, 3.63) is 23.3 Å². The van der Waals surface area contributed by atoms with E-state index in [4.69, 9.17) is 14.2 Å². The molecule has 6 nitrogen and oxygen atoms in total. The highest BCUT2D eigenvalue weighted by molar-refractivity contribution is 5.81. The molecule has 6 heteroatoms. The first-order valence-electron chi connectivity index (χ1n) is 8.92. The fraction of sp³-hybridized carbons (Fsp3) is 0.632. The van der Waals surface area contributed by atoms with Crippen molar-refractivity contribution in [2.45, 2.75) is 31.8 Å². The number of benzene rings is 1. The second-order valence-corrected chi connectivity index (χ2v) is 6.70. The van der Waals surface area contributed by atoms with Crippen LogP contribution in [0.5, 0.6) is 11.5 Å². The highest BCUT2D eigenvalue weighted by Gasteiger charge is 2.32. The third kappa shape index (κ3) is 3.90. The smallest absolute Gasteiger partial charge is 0.251 e. The summed E-state index contributed by atoms with van der Waals surface area (Å²) in [5, 5.41) is 10.5. The summed E-state index contributed by atoms with van der Waals surface area (Å²) in [5.74, 6) is 1.28. The van der Waals surface area contributed by atoms with Crippen LogP contribution in [0.15, 0.2) is 12.1 Å². The maximum atomic E-state index is 12.7. The molecule has 3 rings (SSSR count). The molecule has 1 fully saturated rings. The number of hydrogen-bond acceptors (Lipinski definition) is 5. The molecule has 0 saturated carbocycles. The number of hydrogen-bond donors (Lipinski definition) is 1. The Labute approximate surface area is 148 Å². The summed E-state index contributed by atoms with van der Waals surface area (Å²) in [7, 11) is 3.25. The van der Waals surface area contributed by atoms with E-state index in [0.717, 1.165) is 25.7 Å². The fourth-order valence-corrected chi connectivity index (χ4v) is 3.69. The molecule has 0 unspecified atom stereocenters. The summed E-state index contributed by atoms with van der Waals surface area (Å²) >= 11 is 0. The van der Waals surface area contributed by atoms with Crippen LogP contribution >= 0.6 is 0 Å². The van der Waals surface area contributed by atoms with Crippen LogP contribution in [0.4, 0.5) is 0 Å². The van der Waals surface area contributed by atoms with Gasteiger partial charge in [-0.3, -0.25) is 4.79 Å². The molecule has 2 heterocycles. The van der Waals surface area contributed by atoms with E-state index in [1.54, 1.807) is 19.1 Å². The highest BCUT2D eigenvalue weighted by atomic mass is 16.5. The number of carbonyl (C=O) groups is 1. The molecule has 0 bridgehead atoms. The van der Waals surface area contributed by atoms with Gasteiger partial charge in [0.15, 0.2) is 11.5 Å². The van der Waals surface area contributed by atoms with Crippen LogP contribution in [0, 0.1) is 5.92 Å². The number of methoxy groups -OCH3 is 2. The summed E-state index contributed by atoms with van der Waals surface area (Å²) in [6.07, 6.45) is 2.07. The first-order valence-corrected chi connectivity index (χ1v) is 8.92. The average molecular weight is 349 g/mol. The summed E-state index contributed by atoms with van der Waals surface area (Å²) in [6.45, 7) is 2.48. The molecule has 1 N–H and O–H groups in total. The van der Waals surface area contributed by atoms with Gasteiger partial charge in [-0.1, -0.05) is 0 Å². The van der Waals surface area contributed by atoms with Gasteiger partial charge in [-0.25, -0.2) is 0 Å². The van der Waals surface area contributed by atoms with Crippen molar-refractivity contribution >= 4 is 5.91 Å². The molecule has 1 aromatic rings. The van der Waals surface area contributed by atoms with Crippen LogP contribution in [0.1, 0.15) is 24.0 Å². The fourth-order valence-electron chi connectivity index (χ4n) is 3.69. The predicted octanol–water partition coefficient (Wildman–Crippen LogP) is 1.42. The van der Waals surface area contributed by atoms with Crippen molar-refractivity contribution in [1.82, 2.24) is 4.90 Å². The van der Waals surface area contributed by atoms with E-state index in [1.807, 2.05) is 12.1 Å². The molecule has 2 aliphatic rings. The summed E-state index contributed by atoms with van der Waals surface area (Å²) in [4.78, 5) is 14.5. The van der Waals surface area contributed by atoms with Crippen LogP contribution in [0.2, 0.25) is 0 Å². The predicted molar refractivity (Wildman–Crippen MR) is 93.1 cm³/mol. The Kier molecular flexibility index (Phi) is 5.81. The van der Waals surface area contributed by atoms with Crippen LogP contribution in [0.3, 0.4) is 0 Å². The van der Waals surface area contributed by atoms with Gasteiger partial charge in [0.05, 0.1) is 14.2 Å². The molecule has 0 aliphatic carbocycles. The second kappa shape index (κ2) is 8.06. The van der Waals surface area contributed by atoms with Gasteiger partial charge < -0.3 is 24.2 Å². The van der Waals surface area contributed by atoms with E-state index in [-0.39, 0.29) is 11.8 Å². The number of carbonyl (C=O) groups excluding carboxylic acids is 1. The monoisotopic (exact) mass is 349 g/mol. The Balaban J connectivity index is 1.69. The van der Waals surface area contributed by atoms with Crippen molar-refractivity contribution < 1.29 is 24.1 Å². The molecule has 138 valence electrons. The maximum Gasteiger partial charge on any atom is 0.251 e. The molecule has 1 saturated heterocycles. The van der Waals surface area contributed by atoms with Crippen molar-refractivity contribution in [2.24, 2.45) is 5.92 Å². The van der Waals surface area contributed by atoms with Crippen LogP contribution < -0.4 is 9.47 Å². The molecular weight excluding hydrogens is 322 g/mol. The second-order valence-electron chi connectivity index (χ2n) is 6.70. The lowest BCUT2D eigenvalue weighted by atomic mass is 9.93. The van der Waals surface area contributed by atoms with Crippen molar-refractivity contribution in [3.8, 4) is 11.5 Å². The number of amides is 1. The molecular formula is C19H27NO5. The first-order chi connectivity index (χ1) is 12.1. The van der Waals surface area contributed by atoms with E-state index >= 15 is 0 Å². The van der Waals surface area contributed by atoms with Gasteiger partial charge in [0.25, 0.3) is 5.91 Å². The van der Waals surface area contributed by atoms with E-state index in [9.17, 15) is 9.90 Å². The number of rotatable bonds is 4. The van der Waals surface area contributed by atoms with E-state index in [2.05, 4.69) is 0 Å². The molecule has 0 radical (unpaired) electrons. The minimum absolute atomic E-state index is 0.00654. The zero-order chi connectivity index (χ0) is 17.8. The Morgan fingerprint density at radius 1 is 1.12 bits per heavy atom. The molecule has 0 spiro atoms. The SMILES string of the molecule is COc1cc2c(cc1OC)CCN(C(=O)[C@H](O)C1CCOCC1)CC2. The Morgan fingerprint density at radius 3 is 2.12 bits per heavy atom. The van der Waals surface area contributed by atoms with Gasteiger partial charge in [-0.15, -0.1) is 0 Å². The quantitative estimate of drug-likeness (QED) is 0.890. The summed E-state index contributed by atoms with van der Waals surface area (Å²) in [6, 6.07) is 3.99. The molecule has 1 atom stereocenters. The third-order valence-corrected chi connectivity index (χ3v) is 5.29. The van der Waals surface area contributed by atoms with E-state index < -0.39 is 6.10 Å². The first kappa shape index (κ1) is 18.0. The van der Waals surface area contributed by atoms with E-state index in [1.165, 1.54) is 11.1 Å². The largest absolute Gasteiger partial charge is 0.493 e. The Morgan fingerprint density at radius 2 is 1.64 bits per heavy atom. The Hall–Kier alpha value is -1.79. The maximum absolute atomic E-state index is 12.7. The highest BCUT2D eigenvalue weighted by Crippen LogP contribution is 2.32. The minimum atomic E-state index is -0.922. The molecule has 1 amide bonds.